The van der Waals surface area contributed by atoms with E-state index in [0.717, 1.165) is 6.42 Å². The van der Waals surface area contributed by atoms with Gasteiger partial charge in [-0.2, -0.15) is 0 Å². The molecule has 0 unspecified atom stereocenters. The Labute approximate surface area is 98.4 Å². The second-order valence-electron chi connectivity index (χ2n) is 4.30. The fraction of sp³-hybridized carbons (Fsp3) is 0.545. The van der Waals surface area contributed by atoms with E-state index in [9.17, 15) is 4.79 Å². The van der Waals surface area contributed by atoms with Gasteiger partial charge < -0.3 is 9.73 Å². The lowest BCUT2D eigenvalue weighted by Gasteiger charge is -2.22. The first-order valence-electron chi connectivity index (χ1n) is 4.98. The Bertz CT molecular complexity index is 344. The molecule has 0 atom stereocenters. The SMILES string of the molecule is CCC(C)(C)CNC(=O)c1ccc(Br)o1. The summed E-state index contributed by atoms with van der Waals surface area (Å²) in [6.07, 6.45) is 1.02. The van der Waals surface area contributed by atoms with E-state index in [2.05, 4.69) is 42.0 Å². The van der Waals surface area contributed by atoms with Gasteiger partial charge in [0, 0.05) is 6.54 Å². The molecule has 0 fully saturated rings. The van der Waals surface area contributed by atoms with Crippen molar-refractivity contribution in [2.45, 2.75) is 27.2 Å². The molecule has 1 amide bonds. The first-order valence-corrected chi connectivity index (χ1v) is 5.77. The second kappa shape index (κ2) is 4.84. The Kier molecular flexibility index (Phi) is 3.97. The first kappa shape index (κ1) is 12.3. The minimum atomic E-state index is -0.165. The van der Waals surface area contributed by atoms with Gasteiger partial charge in [-0.1, -0.05) is 20.8 Å². The quantitative estimate of drug-likeness (QED) is 0.916. The molecule has 0 bridgehead atoms. The van der Waals surface area contributed by atoms with Crippen LogP contribution >= 0.6 is 15.9 Å². The number of nitrogens with one attached hydrogen (secondary N) is 1. The summed E-state index contributed by atoms with van der Waals surface area (Å²) in [5, 5.41) is 2.85. The Balaban J connectivity index is 2.50. The van der Waals surface area contributed by atoms with Crippen LogP contribution in [0, 0.1) is 5.41 Å². The minimum Gasteiger partial charge on any atom is -0.444 e. The molecule has 1 aromatic heterocycles. The van der Waals surface area contributed by atoms with Crippen molar-refractivity contribution in [3.05, 3.63) is 22.6 Å². The van der Waals surface area contributed by atoms with Crippen LogP contribution in [0.15, 0.2) is 21.2 Å². The molecular weight excluding hydrogens is 258 g/mol. The van der Waals surface area contributed by atoms with Gasteiger partial charge in [-0.05, 0) is 39.9 Å². The lowest BCUT2D eigenvalue weighted by Crippen LogP contribution is -2.33. The molecule has 4 heteroatoms. The highest BCUT2D eigenvalue weighted by Gasteiger charge is 2.17. The van der Waals surface area contributed by atoms with Crippen LogP contribution < -0.4 is 5.32 Å². The van der Waals surface area contributed by atoms with Crippen LogP contribution in [0.2, 0.25) is 0 Å². The number of carbonyl (C=O) groups excluding carboxylic acids is 1. The molecule has 1 aromatic rings. The van der Waals surface area contributed by atoms with Crippen molar-refractivity contribution in [3.63, 3.8) is 0 Å². The van der Waals surface area contributed by atoms with E-state index in [-0.39, 0.29) is 11.3 Å². The van der Waals surface area contributed by atoms with Crippen molar-refractivity contribution in [2.24, 2.45) is 5.41 Å². The number of rotatable bonds is 4. The van der Waals surface area contributed by atoms with Gasteiger partial charge in [-0.25, -0.2) is 0 Å². The Morgan fingerprint density at radius 3 is 2.67 bits per heavy atom. The van der Waals surface area contributed by atoms with E-state index >= 15 is 0 Å². The zero-order chi connectivity index (χ0) is 11.5. The van der Waals surface area contributed by atoms with Crippen LogP contribution in [0.4, 0.5) is 0 Å². The molecular formula is C11H16BrNO2. The number of halogens is 1. The summed E-state index contributed by atoms with van der Waals surface area (Å²) in [7, 11) is 0. The van der Waals surface area contributed by atoms with Crippen molar-refractivity contribution >= 4 is 21.8 Å². The number of amides is 1. The van der Waals surface area contributed by atoms with Gasteiger partial charge in [0.2, 0.25) is 0 Å². The average molecular weight is 274 g/mol. The predicted molar refractivity (Wildman–Crippen MR) is 62.8 cm³/mol. The van der Waals surface area contributed by atoms with E-state index in [1.807, 2.05) is 0 Å². The highest BCUT2D eigenvalue weighted by atomic mass is 79.9. The highest BCUT2D eigenvalue weighted by Crippen LogP contribution is 2.18. The van der Waals surface area contributed by atoms with Gasteiger partial charge in [-0.15, -0.1) is 0 Å². The molecule has 0 radical (unpaired) electrons. The maximum Gasteiger partial charge on any atom is 0.287 e. The molecule has 0 aliphatic rings. The molecule has 1 N–H and O–H groups in total. The summed E-state index contributed by atoms with van der Waals surface area (Å²) >= 11 is 3.16. The van der Waals surface area contributed by atoms with Crippen molar-refractivity contribution < 1.29 is 9.21 Å². The number of furan rings is 1. The lowest BCUT2D eigenvalue weighted by molar-refractivity contribution is 0.0906. The lowest BCUT2D eigenvalue weighted by atomic mass is 9.90. The first-order chi connectivity index (χ1) is 6.94. The molecule has 0 saturated carbocycles. The Morgan fingerprint density at radius 2 is 2.20 bits per heavy atom. The molecule has 1 heterocycles. The van der Waals surface area contributed by atoms with Crippen LogP contribution in [-0.4, -0.2) is 12.5 Å². The number of hydrogen-bond acceptors (Lipinski definition) is 2. The summed E-state index contributed by atoms with van der Waals surface area (Å²) in [5.74, 6) is 0.177. The molecule has 0 saturated heterocycles. The summed E-state index contributed by atoms with van der Waals surface area (Å²) in [5.41, 5.74) is 0.124. The van der Waals surface area contributed by atoms with Crippen LogP contribution in [0.5, 0.6) is 0 Å². The fourth-order valence-corrected chi connectivity index (χ4v) is 1.27. The second-order valence-corrected chi connectivity index (χ2v) is 5.09. The zero-order valence-corrected chi connectivity index (χ0v) is 10.8. The topological polar surface area (TPSA) is 42.2 Å². The Hall–Kier alpha value is -0.770. The van der Waals surface area contributed by atoms with Crippen molar-refractivity contribution in [1.29, 1.82) is 0 Å². The van der Waals surface area contributed by atoms with Crippen LogP contribution in [-0.2, 0) is 0 Å². The number of hydrogen-bond donors (Lipinski definition) is 1. The molecule has 15 heavy (non-hydrogen) atoms. The van der Waals surface area contributed by atoms with E-state index in [1.165, 1.54) is 0 Å². The molecule has 0 spiro atoms. The van der Waals surface area contributed by atoms with Gasteiger partial charge >= 0.3 is 0 Å². The smallest absolute Gasteiger partial charge is 0.287 e. The maximum absolute atomic E-state index is 11.6. The molecule has 0 aliphatic carbocycles. The van der Waals surface area contributed by atoms with Crippen LogP contribution in [0.25, 0.3) is 0 Å². The third-order valence-corrected chi connectivity index (χ3v) is 2.91. The maximum atomic E-state index is 11.6. The zero-order valence-electron chi connectivity index (χ0n) is 9.26. The monoisotopic (exact) mass is 273 g/mol. The summed E-state index contributed by atoms with van der Waals surface area (Å²) in [6, 6.07) is 3.36. The van der Waals surface area contributed by atoms with Crippen molar-refractivity contribution in [1.82, 2.24) is 5.32 Å². The van der Waals surface area contributed by atoms with Gasteiger partial charge in [0.25, 0.3) is 5.91 Å². The van der Waals surface area contributed by atoms with Gasteiger partial charge in [0.15, 0.2) is 10.4 Å². The normalized spacial score (nSPS) is 11.5. The van der Waals surface area contributed by atoms with Gasteiger partial charge in [-0.3, -0.25) is 4.79 Å². The van der Waals surface area contributed by atoms with Crippen molar-refractivity contribution in [2.75, 3.05) is 6.54 Å². The molecule has 1 rings (SSSR count). The standard InChI is InChI=1S/C11H16BrNO2/c1-4-11(2,3)7-13-10(14)8-5-6-9(12)15-8/h5-6H,4,7H2,1-3H3,(H,13,14). The van der Waals surface area contributed by atoms with E-state index in [4.69, 9.17) is 4.42 Å². The highest BCUT2D eigenvalue weighted by molar-refractivity contribution is 9.10. The van der Waals surface area contributed by atoms with E-state index < -0.39 is 0 Å². The van der Waals surface area contributed by atoms with Crippen LogP contribution in [0.1, 0.15) is 37.7 Å². The van der Waals surface area contributed by atoms with E-state index in [1.54, 1.807) is 12.1 Å². The van der Waals surface area contributed by atoms with Gasteiger partial charge in [0.05, 0.1) is 0 Å². The largest absolute Gasteiger partial charge is 0.444 e. The fourth-order valence-electron chi connectivity index (χ4n) is 0.968. The van der Waals surface area contributed by atoms with Crippen molar-refractivity contribution in [3.8, 4) is 0 Å². The summed E-state index contributed by atoms with van der Waals surface area (Å²) in [6.45, 7) is 6.99. The summed E-state index contributed by atoms with van der Waals surface area (Å²) in [4.78, 5) is 11.6. The van der Waals surface area contributed by atoms with E-state index in [0.29, 0.717) is 17.0 Å². The molecule has 84 valence electrons. The molecule has 0 aromatic carbocycles. The predicted octanol–water partition coefficient (Wildman–Crippen LogP) is 3.21. The minimum absolute atomic E-state index is 0.124. The third kappa shape index (κ3) is 3.70. The number of carbonyl (C=O) groups is 1. The van der Waals surface area contributed by atoms with Crippen LogP contribution in [0.3, 0.4) is 0 Å². The summed E-state index contributed by atoms with van der Waals surface area (Å²) < 4.78 is 5.72. The average Bonchev–Trinajstić information content (AvgIpc) is 2.61. The van der Waals surface area contributed by atoms with Gasteiger partial charge in [0.1, 0.15) is 0 Å². The molecule has 3 nitrogen and oxygen atoms in total. The third-order valence-electron chi connectivity index (χ3n) is 2.48. The Morgan fingerprint density at radius 1 is 1.53 bits per heavy atom. The molecule has 0 aliphatic heterocycles.